The van der Waals surface area contributed by atoms with Gasteiger partial charge in [0.25, 0.3) is 0 Å². The average molecular weight is 291 g/mol. The molecule has 0 saturated carbocycles. The minimum atomic E-state index is -0.939. The lowest BCUT2D eigenvalue weighted by molar-refractivity contribution is -0.151. The summed E-state index contributed by atoms with van der Waals surface area (Å²) >= 11 is 0. The van der Waals surface area contributed by atoms with Crippen molar-refractivity contribution < 1.29 is 19.1 Å². The number of benzene rings is 1. The molecule has 0 aromatic heterocycles. The van der Waals surface area contributed by atoms with E-state index in [1.807, 2.05) is 0 Å². The lowest BCUT2D eigenvalue weighted by atomic mass is 10.0. The number of halogens is 1. The highest BCUT2D eigenvalue weighted by molar-refractivity contribution is 5.85. The van der Waals surface area contributed by atoms with E-state index in [1.165, 1.54) is 17.0 Å². The molecule has 1 heterocycles. The average Bonchev–Trinajstić information content (AvgIpc) is 2.49. The Morgan fingerprint density at radius 2 is 2.00 bits per heavy atom. The zero-order valence-corrected chi connectivity index (χ0v) is 11.7. The molecule has 21 heavy (non-hydrogen) atoms. The molecule has 1 atom stereocenters. The number of aliphatic carboxylic acids is 1. The van der Waals surface area contributed by atoms with Crippen LogP contribution in [0.3, 0.4) is 0 Å². The van der Waals surface area contributed by atoms with E-state index in [0.29, 0.717) is 13.0 Å². The van der Waals surface area contributed by atoms with Crippen molar-refractivity contribution in [2.45, 2.75) is 31.7 Å². The zero-order chi connectivity index (χ0) is 15.2. The van der Waals surface area contributed by atoms with E-state index in [4.69, 9.17) is 5.11 Å². The summed E-state index contributed by atoms with van der Waals surface area (Å²) in [6.07, 6.45) is 5.77. The topological polar surface area (TPSA) is 57.6 Å². The maximum absolute atomic E-state index is 12.8. The lowest BCUT2D eigenvalue weighted by Gasteiger charge is -2.32. The first-order valence-corrected chi connectivity index (χ1v) is 7.02. The van der Waals surface area contributed by atoms with Gasteiger partial charge < -0.3 is 10.0 Å². The monoisotopic (exact) mass is 291 g/mol. The number of carbonyl (C=O) groups is 2. The fourth-order valence-corrected chi connectivity index (χ4v) is 2.47. The number of carbonyl (C=O) groups excluding carboxylic acids is 1. The molecule has 1 aromatic carbocycles. The minimum Gasteiger partial charge on any atom is -0.480 e. The van der Waals surface area contributed by atoms with Crippen LogP contribution < -0.4 is 0 Å². The first-order chi connectivity index (χ1) is 10.1. The van der Waals surface area contributed by atoms with Crippen LogP contribution in [-0.2, 0) is 9.59 Å². The maximum atomic E-state index is 12.8. The Bertz CT molecular complexity index is 539. The number of carboxylic acids is 1. The highest BCUT2D eigenvalue weighted by Crippen LogP contribution is 2.18. The summed E-state index contributed by atoms with van der Waals surface area (Å²) in [6, 6.07) is 5.25. The fourth-order valence-electron chi connectivity index (χ4n) is 2.47. The summed E-state index contributed by atoms with van der Waals surface area (Å²) in [6.45, 7) is 0.500. The molecule has 5 heteroatoms. The van der Waals surface area contributed by atoms with Gasteiger partial charge in [-0.1, -0.05) is 24.3 Å². The van der Waals surface area contributed by atoms with Gasteiger partial charge in [-0.05, 0) is 37.0 Å². The van der Waals surface area contributed by atoms with Crippen molar-refractivity contribution >= 4 is 18.0 Å². The molecule has 112 valence electrons. The molecule has 0 bridgehead atoms. The second-order valence-electron chi connectivity index (χ2n) is 5.09. The van der Waals surface area contributed by atoms with Crippen LogP contribution in [0.4, 0.5) is 4.39 Å². The first-order valence-electron chi connectivity index (χ1n) is 7.02. The van der Waals surface area contributed by atoms with Crippen LogP contribution in [0.25, 0.3) is 6.08 Å². The maximum Gasteiger partial charge on any atom is 0.326 e. The Labute approximate surface area is 122 Å². The van der Waals surface area contributed by atoms with Gasteiger partial charge in [-0.25, -0.2) is 9.18 Å². The number of amides is 1. The van der Waals surface area contributed by atoms with Crippen LogP contribution in [0.5, 0.6) is 0 Å². The molecule has 1 fully saturated rings. The molecule has 0 spiro atoms. The number of piperidine rings is 1. The highest BCUT2D eigenvalue weighted by atomic mass is 19.1. The van der Waals surface area contributed by atoms with Crippen molar-refractivity contribution in [3.63, 3.8) is 0 Å². The molecule has 1 unspecified atom stereocenters. The SMILES string of the molecule is O=C(O)C1CCCCN1C(=O)CC=Cc1ccc(F)cc1. The highest BCUT2D eigenvalue weighted by Gasteiger charge is 2.30. The molecule has 0 aliphatic carbocycles. The van der Waals surface area contributed by atoms with E-state index in [1.54, 1.807) is 24.3 Å². The van der Waals surface area contributed by atoms with Crippen molar-refractivity contribution in [3.8, 4) is 0 Å². The summed E-state index contributed by atoms with van der Waals surface area (Å²) in [7, 11) is 0. The standard InChI is InChI=1S/C16H18FNO3/c17-13-9-7-12(8-10-13)4-3-6-15(19)18-11-2-1-5-14(18)16(20)21/h3-4,7-10,14H,1-2,5-6,11H2,(H,20,21). The first kappa shape index (κ1) is 15.2. The molecular weight excluding hydrogens is 273 g/mol. The second kappa shape index (κ2) is 7.02. The summed E-state index contributed by atoms with van der Waals surface area (Å²) in [4.78, 5) is 24.7. The number of hydrogen-bond donors (Lipinski definition) is 1. The van der Waals surface area contributed by atoms with Crippen LogP contribution >= 0.6 is 0 Å². The molecular formula is C16H18FNO3. The molecule has 1 saturated heterocycles. The van der Waals surface area contributed by atoms with Gasteiger partial charge in [0.15, 0.2) is 0 Å². The molecule has 1 aromatic rings. The number of hydrogen-bond acceptors (Lipinski definition) is 2. The van der Waals surface area contributed by atoms with Gasteiger partial charge in [0.2, 0.25) is 5.91 Å². The Morgan fingerprint density at radius 3 is 2.67 bits per heavy atom. The van der Waals surface area contributed by atoms with E-state index >= 15 is 0 Å². The summed E-state index contributed by atoms with van der Waals surface area (Å²) < 4.78 is 12.8. The lowest BCUT2D eigenvalue weighted by Crippen LogP contribution is -2.47. The molecule has 1 amide bonds. The largest absolute Gasteiger partial charge is 0.480 e. The van der Waals surface area contributed by atoms with Crippen LogP contribution in [-0.4, -0.2) is 34.5 Å². The third kappa shape index (κ3) is 4.15. The predicted octanol–water partition coefficient (Wildman–Crippen LogP) is 2.69. The van der Waals surface area contributed by atoms with Crippen molar-refractivity contribution in [1.82, 2.24) is 4.90 Å². The summed E-state index contributed by atoms with van der Waals surface area (Å²) in [5, 5.41) is 9.14. The van der Waals surface area contributed by atoms with Gasteiger partial charge >= 0.3 is 5.97 Å². The van der Waals surface area contributed by atoms with Crippen molar-refractivity contribution in [1.29, 1.82) is 0 Å². The normalized spacial score (nSPS) is 18.9. The smallest absolute Gasteiger partial charge is 0.326 e. The zero-order valence-electron chi connectivity index (χ0n) is 11.7. The van der Waals surface area contributed by atoms with Gasteiger partial charge in [0.05, 0.1) is 0 Å². The van der Waals surface area contributed by atoms with Crippen LogP contribution in [0.15, 0.2) is 30.3 Å². The van der Waals surface area contributed by atoms with E-state index < -0.39 is 12.0 Å². The Kier molecular flexibility index (Phi) is 5.09. The molecule has 1 N–H and O–H groups in total. The van der Waals surface area contributed by atoms with Gasteiger partial charge in [-0.3, -0.25) is 4.79 Å². The number of nitrogens with zero attached hydrogens (tertiary/aromatic N) is 1. The van der Waals surface area contributed by atoms with Crippen LogP contribution in [0.1, 0.15) is 31.2 Å². The third-order valence-corrected chi connectivity index (χ3v) is 3.58. The van der Waals surface area contributed by atoms with Gasteiger partial charge in [0.1, 0.15) is 11.9 Å². The van der Waals surface area contributed by atoms with Crippen LogP contribution in [0.2, 0.25) is 0 Å². The summed E-state index contributed by atoms with van der Waals surface area (Å²) in [5.41, 5.74) is 0.803. The minimum absolute atomic E-state index is 0.154. The quantitative estimate of drug-likeness (QED) is 0.928. The van der Waals surface area contributed by atoms with Crippen molar-refractivity contribution in [3.05, 3.63) is 41.7 Å². The van der Waals surface area contributed by atoms with Gasteiger partial charge in [-0.2, -0.15) is 0 Å². The van der Waals surface area contributed by atoms with E-state index in [-0.39, 0.29) is 18.1 Å². The summed E-state index contributed by atoms with van der Waals surface area (Å²) in [5.74, 6) is -1.42. The van der Waals surface area contributed by atoms with E-state index in [0.717, 1.165) is 18.4 Å². The molecule has 1 aliphatic rings. The molecule has 1 aliphatic heterocycles. The molecule has 2 rings (SSSR count). The third-order valence-electron chi connectivity index (χ3n) is 3.58. The number of rotatable bonds is 4. The van der Waals surface area contributed by atoms with Gasteiger partial charge in [-0.15, -0.1) is 0 Å². The molecule has 0 radical (unpaired) electrons. The fraction of sp³-hybridized carbons (Fsp3) is 0.375. The predicted molar refractivity (Wildman–Crippen MR) is 77.0 cm³/mol. The van der Waals surface area contributed by atoms with Crippen molar-refractivity contribution in [2.24, 2.45) is 0 Å². The van der Waals surface area contributed by atoms with Crippen molar-refractivity contribution in [2.75, 3.05) is 6.54 Å². The number of carboxylic acid groups (broad SMARTS) is 1. The van der Waals surface area contributed by atoms with Crippen LogP contribution in [0, 0.1) is 5.82 Å². The Balaban J connectivity index is 1.94. The van der Waals surface area contributed by atoms with Gasteiger partial charge in [0, 0.05) is 13.0 Å². The van der Waals surface area contributed by atoms with E-state index in [9.17, 15) is 14.0 Å². The Hall–Kier alpha value is -2.17. The number of likely N-dealkylation sites (tertiary alicyclic amines) is 1. The Morgan fingerprint density at radius 1 is 1.29 bits per heavy atom. The molecule has 4 nitrogen and oxygen atoms in total. The second-order valence-corrected chi connectivity index (χ2v) is 5.09. The van der Waals surface area contributed by atoms with E-state index in [2.05, 4.69) is 0 Å².